The molecule has 0 spiro atoms. The average molecular weight is 394 g/mol. The molecule has 1 unspecified atom stereocenters. The number of esters is 1. The molecule has 4 nitrogen and oxygen atoms in total. The minimum absolute atomic E-state index is 0.118. The summed E-state index contributed by atoms with van der Waals surface area (Å²) < 4.78 is 5.44. The Balaban J connectivity index is 1.88. The number of hydrogen-bond acceptors (Lipinski definition) is 3. The molecule has 1 saturated heterocycles. The van der Waals surface area contributed by atoms with E-state index in [2.05, 4.69) is 19.1 Å². The van der Waals surface area contributed by atoms with E-state index in [0.29, 0.717) is 31.1 Å². The number of aryl methyl sites for hydroxylation is 1. The van der Waals surface area contributed by atoms with E-state index in [9.17, 15) is 9.59 Å². The maximum absolute atomic E-state index is 12.7. The summed E-state index contributed by atoms with van der Waals surface area (Å²) in [7, 11) is 0. The smallest absolute Gasteiger partial charge is 0.338 e. The number of amides is 1. The minimum Gasteiger partial charge on any atom is -0.462 e. The minimum atomic E-state index is -0.318. The molecule has 1 atom stereocenters. The number of anilines is 1. The van der Waals surface area contributed by atoms with Crippen LogP contribution in [-0.2, 0) is 16.0 Å². The highest BCUT2D eigenvalue weighted by atomic mass is 16.5. The zero-order chi connectivity index (χ0) is 20.8. The van der Waals surface area contributed by atoms with Crippen molar-refractivity contribution in [3.63, 3.8) is 0 Å². The topological polar surface area (TPSA) is 46.6 Å². The molecule has 1 aliphatic rings. The molecule has 3 rings (SSSR count). The summed E-state index contributed by atoms with van der Waals surface area (Å²) in [5, 5.41) is 0. The van der Waals surface area contributed by atoms with Crippen LogP contribution >= 0.6 is 0 Å². The Bertz CT molecular complexity index is 844. The molecule has 0 aliphatic carbocycles. The number of rotatable bonds is 7. The number of carbonyl (C=O) groups excluding carboxylic acids is 2. The largest absolute Gasteiger partial charge is 0.462 e. The third-order valence-corrected chi connectivity index (χ3v) is 5.29. The van der Waals surface area contributed by atoms with Crippen molar-refractivity contribution in [2.24, 2.45) is 5.92 Å². The Hall–Kier alpha value is -2.62. The number of ether oxygens (including phenoxy) is 1. The molecule has 0 bridgehead atoms. The fourth-order valence-electron chi connectivity index (χ4n) is 3.80. The van der Waals surface area contributed by atoms with Crippen LogP contribution in [0.5, 0.6) is 0 Å². The van der Waals surface area contributed by atoms with Gasteiger partial charge < -0.3 is 9.64 Å². The van der Waals surface area contributed by atoms with Gasteiger partial charge in [-0.3, -0.25) is 4.79 Å². The van der Waals surface area contributed by atoms with E-state index in [1.54, 1.807) is 0 Å². The maximum atomic E-state index is 12.7. The first-order valence-corrected chi connectivity index (χ1v) is 10.6. The van der Waals surface area contributed by atoms with Crippen LogP contribution < -0.4 is 4.90 Å². The standard InChI is InChI=1S/C25H31NO3/c1-4-8-19-13-22(25(28)29-17-18(2)3)15-23(14-19)26-16-21(11-12-24(26)27)20-9-6-5-7-10-20/h5-7,9-10,13-15,18,21H,4,8,11-12,16-17H2,1-3H3. The van der Waals surface area contributed by atoms with Gasteiger partial charge in [-0.1, -0.05) is 57.5 Å². The molecule has 29 heavy (non-hydrogen) atoms. The highest BCUT2D eigenvalue weighted by Gasteiger charge is 2.28. The van der Waals surface area contributed by atoms with Gasteiger partial charge in [-0.05, 0) is 48.1 Å². The van der Waals surface area contributed by atoms with E-state index in [4.69, 9.17) is 4.74 Å². The lowest BCUT2D eigenvalue weighted by atomic mass is 9.90. The predicted octanol–water partition coefficient (Wildman–Crippen LogP) is 5.36. The van der Waals surface area contributed by atoms with Crippen LogP contribution in [0.15, 0.2) is 48.5 Å². The quantitative estimate of drug-likeness (QED) is 0.595. The first-order chi connectivity index (χ1) is 14.0. The van der Waals surface area contributed by atoms with E-state index in [-0.39, 0.29) is 17.8 Å². The van der Waals surface area contributed by atoms with Crippen molar-refractivity contribution in [3.05, 3.63) is 65.2 Å². The normalized spacial score (nSPS) is 16.9. The molecule has 2 aromatic rings. The van der Waals surface area contributed by atoms with Gasteiger partial charge in [0.1, 0.15) is 0 Å². The summed E-state index contributed by atoms with van der Waals surface area (Å²) in [4.78, 5) is 27.2. The van der Waals surface area contributed by atoms with Crippen molar-refractivity contribution in [1.82, 2.24) is 0 Å². The van der Waals surface area contributed by atoms with Gasteiger partial charge >= 0.3 is 5.97 Å². The van der Waals surface area contributed by atoms with Crippen LogP contribution in [0, 0.1) is 5.92 Å². The van der Waals surface area contributed by atoms with E-state index < -0.39 is 0 Å². The third kappa shape index (κ3) is 5.47. The van der Waals surface area contributed by atoms with Crippen molar-refractivity contribution in [3.8, 4) is 0 Å². The summed E-state index contributed by atoms with van der Waals surface area (Å²) >= 11 is 0. The van der Waals surface area contributed by atoms with Gasteiger partial charge in [0.2, 0.25) is 5.91 Å². The summed E-state index contributed by atoms with van der Waals surface area (Å²) in [6, 6.07) is 16.1. The molecular formula is C25H31NO3. The molecule has 0 aromatic heterocycles. The Morgan fingerprint density at radius 3 is 2.62 bits per heavy atom. The molecule has 0 saturated carbocycles. The van der Waals surface area contributed by atoms with Crippen LogP contribution in [0.25, 0.3) is 0 Å². The van der Waals surface area contributed by atoms with Crippen molar-refractivity contribution >= 4 is 17.6 Å². The Labute approximate surface area is 173 Å². The van der Waals surface area contributed by atoms with Gasteiger partial charge in [-0.25, -0.2) is 4.79 Å². The molecule has 2 aromatic carbocycles. The van der Waals surface area contributed by atoms with Gasteiger partial charge in [0.05, 0.1) is 12.2 Å². The number of nitrogens with zero attached hydrogens (tertiary/aromatic N) is 1. The summed E-state index contributed by atoms with van der Waals surface area (Å²) in [6.07, 6.45) is 3.22. The SMILES string of the molecule is CCCc1cc(C(=O)OCC(C)C)cc(N2CC(c3ccccc3)CCC2=O)c1. The van der Waals surface area contributed by atoms with Gasteiger partial charge in [0.15, 0.2) is 0 Å². The lowest BCUT2D eigenvalue weighted by Gasteiger charge is -2.33. The number of benzene rings is 2. The molecule has 1 fully saturated rings. The monoisotopic (exact) mass is 393 g/mol. The highest BCUT2D eigenvalue weighted by molar-refractivity contribution is 5.97. The molecule has 1 aliphatic heterocycles. The number of carbonyl (C=O) groups is 2. The molecule has 0 N–H and O–H groups in total. The van der Waals surface area contributed by atoms with Crippen LogP contribution in [0.4, 0.5) is 5.69 Å². The van der Waals surface area contributed by atoms with Crippen molar-refractivity contribution < 1.29 is 14.3 Å². The lowest BCUT2D eigenvalue weighted by molar-refractivity contribution is -0.119. The van der Waals surface area contributed by atoms with Gasteiger partial charge in [0.25, 0.3) is 0 Å². The lowest BCUT2D eigenvalue weighted by Crippen LogP contribution is -2.39. The fraction of sp³-hybridized carbons (Fsp3) is 0.440. The molecule has 4 heteroatoms. The van der Waals surface area contributed by atoms with Crippen molar-refractivity contribution in [2.45, 2.75) is 52.4 Å². The zero-order valence-electron chi connectivity index (χ0n) is 17.7. The average Bonchev–Trinajstić information content (AvgIpc) is 2.73. The molecular weight excluding hydrogens is 362 g/mol. The predicted molar refractivity (Wildman–Crippen MR) is 116 cm³/mol. The van der Waals surface area contributed by atoms with Crippen molar-refractivity contribution in [2.75, 3.05) is 18.1 Å². The van der Waals surface area contributed by atoms with E-state index >= 15 is 0 Å². The number of hydrogen-bond donors (Lipinski definition) is 0. The van der Waals surface area contributed by atoms with E-state index in [1.807, 2.05) is 55.1 Å². The van der Waals surface area contributed by atoms with E-state index in [1.165, 1.54) is 5.56 Å². The van der Waals surface area contributed by atoms with Crippen LogP contribution in [0.2, 0.25) is 0 Å². The molecule has 1 heterocycles. The molecule has 1 amide bonds. The fourth-order valence-corrected chi connectivity index (χ4v) is 3.80. The highest BCUT2D eigenvalue weighted by Crippen LogP contribution is 2.32. The molecule has 154 valence electrons. The number of piperidine rings is 1. The van der Waals surface area contributed by atoms with Gasteiger partial charge in [0, 0.05) is 24.6 Å². The Morgan fingerprint density at radius 1 is 1.17 bits per heavy atom. The Morgan fingerprint density at radius 2 is 1.93 bits per heavy atom. The van der Waals surface area contributed by atoms with Crippen molar-refractivity contribution in [1.29, 1.82) is 0 Å². The summed E-state index contributed by atoms with van der Waals surface area (Å²) in [6.45, 7) is 7.18. The van der Waals surface area contributed by atoms with Crippen LogP contribution in [0.1, 0.15) is 67.4 Å². The summed E-state index contributed by atoms with van der Waals surface area (Å²) in [5.74, 6) is 0.391. The zero-order valence-corrected chi connectivity index (χ0v) is 17.7. The van der Waals surface area contributed by atoms with Crippen LogP contribution in [0.3, 0.4) is 0 Å². The van der Waals surface area contributed by atoms with E-state index in [0.717, 1.165) is 30.5 Å². The second kappa shape index (κ2) is 9.73. The maximum Gasteiger partial charge on any atom is 0.338 e. The Kier molecular flexibility index (Phi) is 7.08. The second-order valence-electron chi connectivity index (χ2n) is 8.28. The van der Waals surface area contributed by atoms with Gasteiger partial charge in [-0.15, -0.1) is 0 Å². The second-order valence-corrected chi connectivity index (χ2v) is 8.28. The van der Waals surface area contributed by atoms with Crippen LogP contribution in [-0.4, -0.2) is 25.0 Å². The summed E-state index contributed by atoms with van der Waals surface area (Å²) in [5.41, 5.74) is 3.65. The first kappa shape index (κ1) is 21.1. The molecule has 0 radical (unpaired) electrons. The first-order valence-electron chi connectivity index (χ1n) is 10.6. The van der Waals surface area contributed by atoms with Gasteiger partial charge in [-0.2, -0.15) is 0 Å². The third-order valence-electron chi connectivity index (χ3n) is 5.29.